The average Bonchev–Trinajstić information content (AvgIpc) is 2.78. The molecule has 0 fully saturated rings. The molecule has 3 aromatic rings. The molecule has 1 aliphatic heterocycles. The van der Waals surface area contributed by atoms with Crippen LogP contribution < -0.4 is 24.4 Å². The average molecular weight is 408 g/mol. The number of amides is 1. The van der Waals surface area contributed by atoms with Gasteiger partial charge in [-0.1, -0.05) is 12.1 Å². The molecular weight excluding hydrogens is 387 g/mol. The monoisotopic (exact) mass is 408 g/mol. The van der Waals surface area contributed by atoms with E-state index in [9.17, 15) is 9.18 Å². The molecule has 1 amide bonds. The van der Waals surface area contributed by atoms with Crippen molar-refractivity contribution in [1.29, 1.82) is 0 Å². The fourth-order valence-electron chi connectivity index (χ4n) is 3.68. The number of methoxy groups -OCH3 is 3. The van der Waals surface area contributed by atoms with Crippen molar-refractivity contribution >= 4 is 17.3 Å². The van der Waals surface area contributed by atoms with E-state index in [1.165, 1.54) is 26.4 Å². The van der Waals surface area contributed by atoms with Crippen LogP contribution in [0.3, 0.4) is 0 Å². The third-order valence-electron chi connectivity index (χ3n) is 5.06. The van der Waals surface area contributed by atoms with E-state index in [4.69, 9.17) is 14.2 Å². The largest absolute Gasteiger partial charge is 0.493 e. The Balaban J connectivity index is 1.92. The van der Waals surface area contributed by atoms with Gasteiger partial charge in [0.2, 0.25) is 5.75 Å². The van der Waals surface area contributed by atoms with Crippen LogP contribution in [-0.4, -0.2) is 27.2 Å². The third-order valence-corrected chi connectivity index (χ3v) is 5.06. The molecule has 4 rings (SSSR count). The molecule has 1 atom stereocenters. The maximum absolute atomic E-state index is 13.5. The van der Waals surface area contributed by atoms with Gasteiger partial charge in [-0.3, -0.25) is 9.69 Å². The fraction of sp³-hybridized carbons (Fsp3) is 0.174. The van der Waals surface area contributed by atoms with Crippen LogP contribution in [-0.2, 0) is 0 Å². The lowest BCUT2D eigenvalue weighted by Gasteiger charge is -2.38. The van der Waals surface area contributed by atoms with Gasteiger partial charge in [0.15, 0.2) is 11.5 Å². The summed E-state index contributed by atoms with van der Waals surface area (Å²) in [5.41, 5.74) is 2.44. The summed E-state index contributed by atoms with van der Waals surface area (Å²) in [4.78, 5) is 15.0. The fourth-order valence-corrected chi connectivity index (χ4v) is 3.68. The van der Waals surface area contributed by atoms with Crippen molar-refractivity contribution < 1.29 is 23.4 Å². The number of hydrogen-bond donors (Lipinski definition) is 1. The predicted molar refractivity (Wildman–Crippen MR) is 112 cm³/mol. The van der Waals surface area contributed by atoms with Crippen molar-refractivity contribution in [2.45, 2.75) is 6.17 Å². The summed E-state index contributed by atoms with van der Waals surface area (Å²) < 4.78 is 30.1. The molecule has 0 saturated carbocycles. The van der Waals surface area contributed by atoms with Gasteiger partial charge in [0, 0.05) is 16.9 Å². The van der Waals surface area contributed by atoms with Gasteiger partial charge in [-0.2, -0.15) is 0 Å². The lowest BCUT2D eigenvalue weighted by molar-refractivity contribution is 0.0974. The summed E-state index contributed by atoms with van der Waals surface area (Å²) >= 11 is 0. The maximum Gasteiger partial charge on any atom is 0.262 e. The van der Waals surface area contributed by atoms with Crippen molar-refractivity contribution in [3.8, 4) is 17.2 Å². The summed E-state index contributed by atoms with van der Waals surface area (Å²) in [7, 11) is 4.60. The highest BCUT2D eigenvalue weighted by molar-refractivity contribution is 6.12. The zero-order valence-electron chi connectivity index (χ0n) is 16.8. The zero-order valence-corrected chi connectivity index (χ0v) is 16.8. The number of hydrogen-bond acceptors (Lipinski definition) is 5. The number of anilines is 2. The summed E-state index contributed by atoms with van der Waals surface area (Å²) in [6.07, 6.45) is -0.618. The second-order valence-electron chi connectivity index (χ2n) is 6.67. The van der Waals surface area contributed by atoms with E-state index in [-0.39, 0.29) is 11.7 Å². The Bertz CT molecular complexity index is 1090. The predicted octanol–water partition coefficient (Wildman–Crippen LogP) is 4.62. The molecule has 154 valence electrons. The van der Waals surface area contributed by atoms with Crippen molar-refractivity contribution in [1.82, 2.24) is 0 Å². The molecule has 0 saturated heterocycles. The quantitative estimate of drug-likeness (QED) is 0.667. The van der Waals surface area contributed by atoms with Crippen LogP contribution in [0.25, 0.3) is 0 Å². The van der Waals surface area contributed by atoms with E-state index in [2.05, 4.69) is 5.32 Å². The summed E-state index contributed by atoms with van der Waals surface area (Å²) in [5.74, 6) is 0.780. The van der Waals surface area contributed by atoms with Gasteiger partial charge >= 0.3 is 0 Å². The second kappa shape index (κ2) is 7.94. The molecular formula is C23H21FN2O4. The Hall–Kier alpha value is -3.74. The standard InChI is InChI=1S/C23H21FN2O4/c1-28-19-13-12-17(20(29-2)21(19)30-3)22-25-18-7-5-4-6-16(18)23(27)26(22)15-10-8-14(24)9-11-15/h4-13,22,25H,1-3H3/t22-/m1/s1. The van der Waals surface area contributed by atoms with Crippen molar-refractivity contribution in [3.63, 3.8) is 0 Å². The summed E-state index contributed by atoms with van der Waals surface area (Å²) in [5, 5.41) is 3.41. The SMILES string of the molecule is COc1ccc([C@@H]2Nc3ccccc3C(=O)N2c2ccc(F)cc2)c(OC)c1OC. The Morgan fingerprint density at radius 2 is 1.57 bits per heavy atom. The number of para-hydroxylation sites is 1. The second-order valence-corrected chi connectivity index (χ2v) is 6.67. The first-order chi connectivity index (χ1) is 14.6. The van der Waals surface area contributed by atoms with Crippen molar-refractivity contribution in [3.05, 3.63) is 77.6 Å². The van der Waals surface area contributed by atoms with Crippen LogP contribution in [0, 0.1) is 5.82 Å². The first-order valence-electron chi connectivity index (χ1n) is 9.32. The Labute approximate surface area is 173 Å². The first-order valence-corrected chi connectivity index (χ1v) is 9.32. The Morgan fingerprint density at radius 1 is 0.867 bits per heavy atom. The van der Waals surface area contributed by atoms with Crippen LogP contribution in [0.4, 0.5) is 15.8 Å². The van der Waals surface area contributed by atoms with Crippen molar-refractivity contribution in [2.75, 3.05) is 31.5 Å². The van der Waals surface area contributed by atoms with E-state index in [1.807, 2.05) is 18.2 Å². The van der Waals surface area contributed by atoms with Gasteiger partial charge in [0.05, 0.1) is 26.9 Å². The Kier molecular flexibility index (Phi) is 5.18. The molecule has 30 heavy (non-hydrogen) atoms. The highest BCUT2D eigenvalue weighted by Crippen LogP contribution is 2.46. The molecule has 0 unspecified atom stereocenters. The van der Waals surface area contributed by atoms with E-state index in [0.29, 0.717) is 39.8 Å². The molecule has 0 aromatic heterocycles. The van der Waals surface area contributed by atoms with Crippen LogP contribution >= 0.6 is 0 Å². The lowest BCUT2D eigenvalue weighted by Crippen LogP contribution is -2.43. The minimum atomic E-state index is -0.618. The molecule has 1 aliphatic rings. The van der Waals surface area contributed by atoms with E-state index in [0.717, 1.165) is 0 Å². The van der Waals surface area contributed by atoms with Crippen LogP contribution in [0.15, 0.2) is 60.7 Å². The molecule has 0 spiro atoms. The number of nitrogens with zero attached hydrogens (tertiary/aromatic N) is 1. The lowest BCUT2D eigenvalue weighted by atomic mass is 10.0. The number of carbonyl (C=O) groups excluding carboxylic acids is 1. The molecule has 0 bridgehead atoms. The molecule has 1 heterocycles. The number of halogens is 1. The highest BCUT2D eigenvalue weighted by atomic mass is 19.1. The van der Waals surface area contributed by atoms with Crippen LogP contribution in [0.2, 0.25) is 0 Å². The van der Waals surface area contributed by atoms with Gasteiger partial charge in [0.1, 0.15) is 12.0 Å². The van der Waals surface area contributed by atoms with Crippen molar-refractivity contribution in [2.24, 2.45) is 0 Å². The Morgan fingerprint density at radius 3 is 2.23 bits per heavy atom. The number of benzene rings is 3. The number of fused-ring (bicyclic) bond motifs is 1. The topological polar surface area (TPSA) is 60.0 Å². The molecule has 7 heteroatoms. The van der Waals surface area contributed by atoms with Gasteiger partial charge < -0.3 is 19.5 Å². The normalized spacial score (nSPS) is 15.3. The smallest absolute Gasteiger partial charge is 0.262 e. The number of rotatable bonds is 5. The molecule has 3 aromatic carbocycles. The van der Waals surface area contributed by atoms with Gasteiger partial charge in [-0.05, 0) is 48.5 Å². The van der Waals surface area contributed by atoms with E-state index >= 15 is 0 Å². The van der Waals surface area contributed by atoms with Gasteiger partial charge in [-0.25, -0.2) is 4.39 Å². The zero-order chi connectivity index (χ0) is 21.3. The van der Waals surface area contributed by atoms with Gasteiger partial charge in [-0.15, -0.1) is 0 Å². The molecule has 6 nitrogen and oxygen atoms in total. The third kappa shape index (κ3) is 3.18. The molecule has 0 radical (unpaired) electrons. The number of carbonyl (C=O) groups is 1. The highest BCUT2D eigenvalue weighted by Gasteiger charge is 2.36. The number of nitrogens with one attached hydrogen (secondary N) is 1. The van der Waals surface area contributed by atoms with E-state index < -0.39 is 6.17 Å². The summed E-state index contributed by atoms with van der Waals surface area (Å²) in [6, 6.07) is 16.6. The summed E-state index contributed by atoms with van der Waals surface area (Å²) in [6.45, 7) is 0. The molecule has 0 aliphatic carbocycles. The molecule has 1 N–H and O–H groups in total. The van der Waals surface area contributed by atoms with Crippen LogP contribution in [0.1, 0.15) is 22.1 Å². The van der Waals surface area contributed by atoms with Gasteiger partial charge in [0.25, 0.3) is 5.91 Å². The number of ether oxygens (including phenoxy) is 3. The minimum Gasteiger partial charge on any atom is -0.493 e. The first kappa shape index (κ1) is 19.6. The maximum atomic E-state index is 13.5. The van der Waals surface area contributed by atoms with E-state index in [1.54, 1.807) is 42.3 Å². The minimum absolute atomic E-state index is 0.210. The van der Waals surface area contributed by atoms with Crippen LogP contribution in [0.5, 0.6) is 17.2 Å².